The first-order valence-corrected chi connectivity index (χ1v) is 5.52. The van der Waals surface area contributed by atoms with Crippen molar-refractivity contribution in [3.63, 3.8) is 0 Å². The minimum absolute atomic E-state index is 0.0153. The monoisotopic (exact) mass is 293 g/mol. The molecule has 0 saturated heterocycles. The van der Waals surface area contributed by atoms with Gasteiger partial charge in [-0.3, -0.25) is 4.79 Å². The van der Waals surface area contributed by atoms with Gasteiger partial charge in [0, 0.05) is 6.54 Å². The molecule has 0 spiro atoms. The molecule has 1 aromatic rings. The molecule has 1 rings (SSSR count). The van der Waals surface area contributed by atoms with Gasteiger partial charge in [-0.1, -0.05) is 11.6 Å². The zero-order valence-electron chi connectivity index (χ0n) is 9.58. The summed E-state index contributed by atoms with van der Waals surface area (Å²) in [6.45, 7) is -0.497. The lowest BCUT2D eigenvalue weighted by atomic mass is 10.2. The second-order valence-corrected chi connectivity index (χ2v) is 3.86. The molecule has 0 atom stereocenters. The van der Waals surface area contributed by atoms with E-state index in [2.05, 4.69) is 10.1 Å². The summed E-state index contributed by atoms with van der Waals surface area (Å²) in [6.07, 6.45) is 0. The fraction of sp³-hybridized carbons (Fsp3) is 0.273. The number of rotatable bonds is 6. The predicted octanol–water partition coefficient (Wildman–Crippen LogP) is 1.45. The third kappa shape index (κ3) is 4.80. The van der Waals surface area contributed by atoms with Crippen molar-refractivity contribution < 1.29 is 28.2 Å². The van der Waals surface area contributed by atoms with Crippen molar-refractivity contribution in [3.05, 3.63) is 34.4 Å². The normalized spacial score (nSPS) is 10.3. The number of carboxylic acids is 1. The summed E-state index contributed by atoms with van der Waals surface area (Å²) < 4.78 is 30.4. The fourth-order valence-electron chi connectivity index (χ4n) is 1.19. The number of halogens is 3. The maximum absolute atomic E-state index is 12.9. The molecule has 8 heteroatoms. The van der Waals surface area contributed by atoms with E-state index >= 15 is 0 Å². The predicted molar refractivity (Wildman–Crippen MR) is 62.2 cm³/mol. The third-order valence-corrected chi connectivity index (χ3v) is 2.32. The van der Waals surface area contributed by atoms with E-state index < -0.39 is 30.1 Å². The number of benzene rings is 1. The zero-order chi connectivity index (χ0) is 14.4. The lowest BCUT2D eigenvalue weighted by molar-refractivity contribution is -0.142. The van der Waals surface area contributed by atoms with Crippen LogP contribution in [0.25, 0.3) is 0 Å². The first-order chi connectivity index (χ1) is 8.91. The van der Waals surface area contributed by atoms with Crippen LogP contribution >= 0.6 is 11.6 Å². The van der Waals surface area contributed by atoms with Crippen LogP contribution in [-0.2, 0) is 9.53 Å². The summed E-state index contributed by atoms with van der Waals surface area (Å²) in [5.74, 6) is -4.17. The van der Waals surface area contributed by atoms with Crippen LogP contribution in [0.4, 0.5) is 8.78 Å². The fourth-order valence-corrected chi connectivity index (χ4v) is 1.42. The van der Waals surface area contributed by atoms with Gasteiger partial charge in [-0.15, -0.1) is 0 Å². The highest BCUT2D eigenvalue weighted by Crippen LogP contribution is 2.19. The minimum Gasteiger partial charge on any atom is -0.480 e. The van der Waals surface area contributed by atoms with Crippen molar-refractivity contribution in [1.29, 1.82) is 0 Å². The van der Waals surface area contributed by atoms with Crippen LogP contribution in [0.2, 0.25) is 5.02 Å². The van der Waals surface area contributed by atoms with Gasteiger partial charge in [0.05, 0.1) is 17.2 Å². The van der Waals surface area contributed by atoms with E-state index in [1.807, 2.05) is 0 Å². The van der Waals surface area contributed by atoms with Gasteiger partial charge in [0.2, 0.25) is 0 Å². The summed E-state index contributed by atoms with van der Waals surface area (Å²) in [6, 6.07) is 1.39. The van der Waals surface area contributed by atoms with Crippen LogP contribution in [0.1, 0.15) is 10.4 Å². The number of carbonyl (C=O) groups excluding carboxylic acids is 1. The number of carbonyl (C=O) groups is 2. The zero-order valence-corrected chi connectivity index (χ0v) is 10.3. The quantitative estimate of drug-likeness (QED) is 0.615. The Morgan fingerprint density at radius 2 is 1.95 bits per heavy atom. The molecule has 0 aliphatic heterocycles. The van der Waals surface area contributed by atoms with Crippen LogP contribution in [-0.4, -0.2) is 36.7 Å². The molecule has 0 aliphatic carbocycles. The third-order valence-electron chi connectivity index (χ3n) is 2.01. The molecular weight excluding hydrogens is 284 g/mol. The van der Waals surface area contributed by atoms with Crippen molar-refractivity contribution in [2.45, 2.75) is 0 Å². The minimum atomic E-state index is -1.18. The van der Waals surface area contributed by atoms with Crippen LogP contribution in [0, 0.1) is 11.6 Å². The number of carboxylic acid groups (broad SMARTS) is 1. The van der Waals surface area contributed by atoms with Gasteiger partial charge in [0.25, 0.3) is 5.91 Å². The maximum Gasteiger partial charge on any atom is 0.329 e. The van der Waals surface area contributed by atoms with E-state index in [4.69, 9.17) is 16.7 Å². The van der Waals surface area contributed by atoms with E-state index in [-0.39, 0.29) is 23.7 Å². The molecule has 19 heavy (non-hydrogen) atoms. The summed E-state index contributed by atoms with van der Waals surface area (Å²) in [5, 5.41) is 10.4. The molecular formula is C11H10ClF2NO4. The van der Waals surface area contributed by atoms with Crippen LogP contribution in [0.5, 0.6) is 0 Å². The highest BCUT2D eigenvalue weighted by molar-refractivity contribution is 6.33. The van der Waals surface area contributed by atoms with Crippen LogP contribution in [0.3, 0.4) is 0 Å². The van der Waals surface area contributed by atoms with Gasteiger partial charge in [-0.05, 0) is 12.1 Å². The van der Waals surface area contributed by atoms with E-state index in [0.29, 0.717) is 12.1 Å². The van der Waals surface area contributed by atoms with Crippen molar-refractivity contribution in [1.82, 2.24) is 5.32 Å². The smallest absolute Gasteiger partial charge is 0.329 e. The Bertz CT molecular complexity index is 496. The lowest BCUT2D eigenvalue weighted by Gasteiger charge is -2.07. The highest BCUT2D eigenvalue weighted by Gasteiger charge is 2.14. The Balaban J connectivity index is 2.50. The van der Waals surface area contributed by atoms with E-state index in [9.17, 15) is 18.4 Å². The van der Waals surface area contributed by atoms with Crippen molar-refractivity contribution in [2.75, 3.05) is 19.8 Å². The molecule has 0 fully saturated rings. The average molecular weight is 294 g/mol. The van der Waals surface area contributed by atoms with Crippen molar-refractivity contribution >= 4 is 23.5 Å². The Hall–Kier alpha value is -1.73. The van der Waals surface area contributed by atoms with Gasteiger partial charge in [0.15, 0.2) is 11.6 Å². The van der Waals surface area contributed by atoms with E-state index in [1.165, 1.54) is 0 Å². The molecule has 1 amide bonds. The number of ether oxygens (including phenoxy) is 1. The Morgan fingerprint density at radius 1 is 1.32 bits per heavy atom. The van der Waals surface area contributed by atoms with Gasteiger partial charge >= 0.3 is 5.97 Å². The Labute approximate surface area is 112 Å². The van der Waals surface area contributed by atoms with Crippen molar-refractivity contribution in [2.24, 2.45) is 0 Å². The average Bonchev–Trinajstić information content (AvgIpc) is 2.32. The molecule has 0 radical (unpaired) electrons. The van der Waals surface area contributed by atoms with Crippen LogP contribution in [0.15, 0.2) is 12.1 Å². The first kappa shape index (κ1) is 15.3. The van der Waals surface area contributed by atoms with Gasteiger partial charge in [-0.25, -0.2) is 13.6 Å². The van der Waals surface area contributed by atoms with E-state index in [0.717, 1.165) is 0 Å². The number of hydrogen-bond acceptors (Lipinski definition) is 3. The molecule has 0 bridgehead atoms. The standard InChI is InChI=1S/C11H10ClF2NO4/c12-7-4-9(14)8(13)3-6(7)11(18)15-1-2-19-5-10(16)17/h3-4H,1-2,5H2,(H,15,18)(H,16,17). The topological polar surface area (TPSA) is 75.6 Å². The molecule has 0 unspecified atom stereocenters. The van der Waals surface area contributed by atoms with Gasteiger partial charge in [-0.2, -0.15) is 0 Å². The molecule has 0 saturated carbocycles. The largest absolute Gasteiger partial charge is 0.480 e. The number of aliphatic carboxylic acids is 1. The van der Waals surface area contributed by atoms with Gasteiger partial charge in [0.1, 0.15) is 6.61 Å². The molecule has 104 valence electrons. The molecule has 0 aromatic heterocycles. The summed E-state index contributed by atoms with van der Waals surface area (Å²) in [4.78, 5) is 21.7. The second kappa shape index (κ2) is 7.01. The number of nitrogens with one attached hydrogen (secondary N) is 1. The molecule has 0 aliphatic rings. The summed E-state index contributed by atoms with van der Waals surface area (Å²) >= 11 is 5.60. The molecule has 0 heterocycles. The summed E-state index contributed by atoms with van der Waals surface area (Å²) in [5.41, 5.74) is -0.209. The van der Waals surface area contributed by atoms with Gasteiger partial charge < -0.3 is 15.2 Å². The van der Waals surface area contributed by atoms with Crippen LogP contribution < -0.4 is 5.32 Å². The second-order valence-electron chi connectivity index (χ2n) is 3.45. The number of amides is 1. The SMILES string of the molecule is O=C(O)COCCNC(=O)c1cc(F)c(F)cc1Cl. The highest BCUT2D eigenvalue weighted by atomic mass is 35.5. The number of hydrogen-bond donors (Lipinski definition) is 2. The first-order valence-electron chi connectivity index (χ1n) is 5.14. The lowest BCUT2D eigenvalue weighted by Crippen LogP contribution is -2.28. The molecule has 5 nitrogen and oxygen atoms in total. The van der Waals surface area contributed by atoms with Crippen molar-refractivity contribution in [3.8, 4) is 0 Å². The Kier molecular flexibility index (Phi) is 5.65. The molecule has 2 N–H and O–H groups in total. The Morgan fingerprint density at radius 3 is 2.58 bits per heavy atom. The molecule has 1 aromatic carbocycles. The van der Waals surface area contributed by atoms with E-state index in [1.54, 1.807) is 0 Å². The maximum atomic E-state index is 12.9. The summed E-state index contributed by atoms with van der Waals surface area (Å²) in [7, 11) is 0.